The number of anilines is 2. The normalized spacial score (nSPS) is 13.5. The molecule has 0 atom stereocenters. The van der Waals surface area contributed by atoms with Gasteiger partial charge in [-0.1, -0.05) is 91.0 Å². The van der Waals surface area contributed by atoms with Crippen LogP contribution < -0.4 is 15.0 Å². The Morgan fingerprint density at radius 1 is 0.818 bits per heavy atom. The Bertz CT molecular complexity index is 1590. The van der Waals surface area contributed by atoms with Gasteiger partial charge in [0.1, 0.15) is 17.7 Å². The van der Waals surface area contributed by atoms with Crippen molar-refractivity contribution in [1.29, 1.82) is 5.41 Å². The molecule has 0 radical (unpaired) electrons. The van der Waals surface area contributed by atoms with Crippen molar-refractivity contribution in [3.63, 3.8) is 0 Å². The van der Waals surface area contributed by atoms with E-state index in [1.165, 1.54) is 6.33 Å². The maximum absolute atomic E-state index is 9.47. The molecule has 5 aromatic rings. The summed E-state index contributed by atoms with van der Waals surface area (Å²) in [5.74, 6) is 1.22. The Hall–Kier alpha value is -5.08. The first-order valence-corrected chi connectivity index (χ1v) is 14.9. The minimum atomic E-state index is -0.800. The molecule has 0 saturated carbocycles. The van der Waals surface area contributed by atoms with Crippen LogP contribution in [0, 0.1) is 5.41 Å². The lowest BCUT2D eigenvalue weighted by Gasteiger charge is -2.38. The van der Waals surface area contributed by atoms with Crippen molar-refractivity contribution < 1.29 is 9.47 Å². The molecule has 222 valence electrons. The fraction of sp³-hybridized carbons (Fsp3) is 0.222. The summed E-state index contributed by atoms with van der Waals surface area (Å²) < 4.78 is 11.5. The van der Waals surface area contributed by atoms with Gasteiger partial charge < -0.3 is 19.7 Å². The quantitative estimate of drug-likeness (QED) is 0.147. The zero-order valence-electron chi connectivity index (χ0n) is 25.0. The third kappa shape index (κ3) is 6.02. The Balaban J connectivity index is 1.51. The molecule has 0 amide bonds. The van der Waals surface area contributed by atoms with E-state index in [2.05, 4.69) is 61.6 Å². The van der Waals surface area contributed by atoms with Crippen LogP contribution in [-0.2, 0) is 10.3 Å². The summed E-state index contributed by atoms with van der Waals surface area (Å²) in [6.07, 6.45) is 3.21. The van der Waals surface area contributed by atoms with Crippen molar-refractivity contribution in [2.75, 3.05) is 36.5 Å². The van der Waals surface area contributed by atoms with Crippen LogP contribution in [0.2, 0.25) is 0 Å². The number of hydrogen-bond acceptors (Lipinski definition) is 8. The van der Waals surface area contributed by atoms with Gasteiger partial charge in [0, 0.05) is 30.8 Å². The summed E-state index contributed by atoms with van der Waals surface area (Å²) in [6, 6.07) is 34.8. The molecule has 1 saturated heterocycles. The van der Waals surface area contributed by atoms with E-state index in [4.69, 9.17) is 9.47 Å². The topological polar surface area (TPSA) is 96.2 Å². The maximum Gasteiger partial charge on any atom is 0.214 e. The third-order valence-corrected chi connectivity index (χ3v) is 7.69. The minimum absolute atomic E-state index is 0.0765. The van der Waals surface area contributed by atoms with E-state index < -0.39 is 5.54 Å². The number of morpholine rings is 1. The Kier molecular flexibility index (Phi) is 8.61. The largest absolute Gasteiger partial charge is 0.475 e. The van der Waals surface area contributed by atoms with E-state index in [0.717, 1.165) is 35.6 Å². The van der Waals surface area contributed by atoms with Crippen LogP contribution in [0.1, 0.15) is 41.8 Å². The van der Waals surface area contributed by atoms with Gasteiger partial charge in [0.2, 0.25) is 5.88 Å². The first kappa shape index (κ1) is 29.0. The van der Waals surface area contributed by atoms with Gasteiger partial charge in [-0.3, -0.25) is 5.41 Å². The van der Waals surface area contributed by atoms with Gasteiger partial charge in [0.05, 0.1) is 42.6 Å². The molecule has 3 aromatic carbocycles. The van der Waals surface area contributed by atoms with Crippen LogP contribution in [0.15, 0.2) is 116 Å². The van der Waals surface area contributed by atoms with E-state index in [-0.39, 0.29) is 11.8 Å². The number of aromatic nitrogens is 3. The molecule has 8 nitrogen and oxygen atoms in total. The first-order chi connectivity index (χ1) is 21.5. The number of rotatable bonds is 10. The van der Waals surface area contributed by atoms with E-state index in [9.17, 15) is 5.41 Å². The predicted octanol–water partition coefficient (Wildman–Crippen LogP) is 6.32. The molecule has 2 aromatic heterocycles. The molecule has 1 aliphatic heterocycles. The Morgan fingerprint density at radius 3 is 1.93 bits per heavy atom. The van der Waals surface area contributed by atoms with Gasteiger partial charge in [0.25, 0.3) is 0 Å². The Morgan fingerprint density at radius 2 is 1.39 bits per heavy atom. The van der Waals surface area contributed by atoms with Crippen LogP contribution in [0.3, 0.4) is 0 Å². The molecule has 1 fully saturated rings. The standard InChI is InChI=1S/C36H36N6O2/c1-26(2)44-34-22-30(35(37)31-23-33(40-25-39-31)42-18-20-43-21-19-42)32(24-38-34)41-36(27-12-6-3-7-13-27,28-14-8-4-9-15-28)29-16-10-5-11-17-29/h3-17,22-26,37,41H,18-21H2,1-2H3. The second-order valence-corrected chi connectivity index (χ2v) is 10.9. The zero-order chi connectivity index (χ0) is 30.4. The van der Waals surface area contributed by atoms with Gasteiger partial charge >= 0.3 is 0 Å². The first-order valence-electron chi connectivity index (χ1n) is 14.9. The highest BCUT2D eigenvalue weighted by Gasteiger charge is 2.37. The minimum Gasteiger partial charge on any atom is -0.475 e. The molecule has 0 bridgehead atoms. The molecule has 44 heavy (non-hydrogen) atoms. The van der Waals surface area contributed by atoms with Crippen LogP contribution in [0.4, 0.5) is 11.5 Å². The number of nitrogens with zero attached hydrogens (tertiary/aromatic N) is 4. The van der Waals surface area contributed by atoms with Crippen molar-refractivity contribution in [2.24, 2.45) is 0 Å². The Labute approximate surface area is 258 Å². The summed E-state index contributed by atoms with van der Waals surface area (Å²) in [6.45, 7) is 6.70. The molecule has 0 unspecified atom stereocenters. The molecule has 2 N–H and O–H groups in total. The lowest BCUT2D eigenvalue weighted by Crippen LogP contribution is -2.38. The average Bonchev–Trinajstić information content (AvgIpc) is 3.09. The van der Waals surface area contributed by atoms with Gasteiger partial charge in [-0.15, -0.1) is 0 Å². The molecule has 3 heterocycles. The summed E-state index contributed by atoms with van der Waals surface area (Å²) in [5.41, 5.74) is 4.39. The number of hydrogen-bond donors (Lipinski definition) is 2. The van der Waals surface area contributed by atoms with E-state index in [0.29, 0.717) is 36.0 Å². The molecule has 0 spiro atoms. The number of nitrogens with one attached hydrogen (secondary N) is 2. The van der Waals surface area contributed by atoms with E-state index in [1.54, 1.807) is 6.20 Å². The third-order valence-electron chi connectivity index (χ3n) is 7.69. The van der Waals surface area contributed by atoms with Gasteiger partial charge in [-0.25, -0.2) is 15.0 Å². The molecular formula is C36H36N6O2. The smallest absolute Gasteiger partial charge is 0.214 e. The van der Waals surface area contributed by atoms with E-state index >= 15 is 0 Å². The highest BCUT2D eigenvalue weighted by atomic mass is 16.5. The molecule has 1 aliphatic rings. The SMILES string of the molecule is CC(C)Oc1cc(C(=N)c2cc(N3CCOCC3)ncn2)c(NC(c2ccccc2)(c2ccccc2)c2ccccc2)cn1. The summed E-state index contributed by atoms with van der Waals surface area (Å²) >= 11 is 0. The molecule has 0 aliphatic carbocycles. The number of pyridine rings is 1. The van der Waals surface area contributed by atoms with E-state index in [1.807, 2.05) is 80.6 Å². The maximum atomic E-state index is 9.47. The summed E-state index contributed by atoms with van der Waals surface area (Å²) in [7, 11) is 0. The van der Waals surface area contributed by atoms with Gasteiger partial charge in [0.15, 0.2) is 0 Å². The monoisotopic (exact) mass is 584 g/mol. The zero-order valence-corrected chi connectivity index (χ0v) is 25.0. The van der Waals surface area contributed by atoms with Crippen LogP contribution >= 0.6 is 0 Å². The highest BCUT2D eigenvalue weighted by molar-refractivity contribution is 6.13. The van der Waals surface area contributed by atoms with Gasteiger partial charge in [-0.05, 0) is 30.5 Å². The molecule has 8 heteroatoms. The predicted molar refractivity (Wildman–Crippen MR) is 174 cm³/mol. The lowest BCUT2D eigenvalue weighted by atomic mass is 9.76. The average molecular weight is 585 g/mol. The van der Waals surface area contributed by atoms with Crippen LogP contribution in [0.5, 0.6) is 5.88 Å². The highest BCUT2D eigenvalue weighted by Crippen LogP contribution is 2.41. The van der Waals surface area contributed by atoms with Crippen LogP contribution in [-0.4, -0.2) is 53.1 Å². The second-order valence-electron chi connectivity index (χ2n) is 10.9. The molecule has 6 rings (SSSR count). The number of benzene rings is 3. The lowest BCUT2D eigenvalue weighted by molar-refractivity contribution is 0.122. The summed E-state index contributed by atoms with van der Waals surface area (Å²) in [4.78, 5) is 15.9. The summed E-state index contributed by atoms with van der Waals surface area (Å²) in [5, 5.41) is 13.4. The van der Waals surface area contributed by atoms with Gasteiger partial charge in [-0.2, -0.15) is 0 Å². The van der Waals surface area contributed by atoms with Crippen molar-refractivity contribution >= 4 is 17.2 Å². The van der Waals surface area contributed by atoms with Crippen molar-refractivity contribution in [3.05, 3.63) is 144 Å². The second kappa shape index (κ2) is 13.1. The van der Waals surface area contributed by atoms with Crippen LogP contribution in [0.25, 0.3) is 0 Å². The fourth-order valence-electron chi connectivity index (χ4n) is 5.62. The van der Waals surface area contributed by atoms with Crippen molar-refractivity contribution in [1.82, 2.24) is 15.0 Å². The van der Waals surface area contributed by atoms with Crippen molar-refractivity contribution in [2.45, 2.75) is 25.5 Å². The fourth-order valence-corrected chi connectivity index (χ4v) is 5.62. The number of ether oxygens (including phenoxy) is 2. The molecular weight excluding hydrogens is 548 g/mol. The van der Waals surface area contributed by atoms with Crippen molar-refractivity contribution in [3.8, 4) is 5.88 Å².